The number of carbonyl (C=O) groups is 1. The van der Waals surface area contributed by atoms with Crippen molar-refractivity contribution in [2.75, 3.05) is 18.5 Å². The fraction of sp³-hybridized carbons (Fsp3) is 0.500. The van der Waals surface area contributed by atoms with Crippen molar-refractivity contribution < 1.29 is 14.6 Å². The molecule has 98 valence electrons. The van der Waals surface area contributed by atoms with Gasteiger partial charge in [0.15, 0.2) is 0 Å². The molecule has 0 atom stereocenters. The molecule has 0 unspecified atom stereocenters. The van der Waals surface area contributed by atoms with Gasteiger partial charge in [0, 0.05) is 19.6 Å². The van der Waals surface area contributed by atoms with Crippen molar-refractivity contribution in [1.82, 2.24) is 0 Å². The number of ether oxygens (including phenoxy) is 1. The average Bonchev–Trinajstić information content (AvgIpc) is 2.40. The quantitative estimate of drug-likeness (QED) is 0.806. The summed E-state index contributed by atoms with van der Waals surface area (Å²) < 4.78 is 5.28. The number of amides is 1. The van der Waals surface area contributed by atoms with E-state index in [0.29, 0.717) is 18.0 Å². The maximum atomic E-state index is 11.8. The molecule has 18 heavy (non-hydrogen) atoms. The number of phenolic OH excluding ortho intramolecular Hbond substituents is 1. The lowest BCUT2D eigenvalue weighted by Gasteiger charge is -2.21. The highest BCUT2D eigenvalue weighted by atomic mass is 16.5. The van der Waals surface area contributed by atoms with Crippen LogP contribution in [0.3, 0.4) is 0 Å². The number of carbonyl (C=O) groups excluding carboxylic acids is 1. The number of phenols is 1. The summed E-state index contributed by atoms with van der Waals surface area (Å²) in [6.07, 6.45) is 3.48. The van der Waals surface area contributed by atoms with Crippen LogP contribution in [0.25, 0.3) is 0 Å². The Bertz CT molecular complexity index is 400. The van der Waals surface area contributed by atoms with Crippen LogP contribution in [0.15, 0.2) is 24.3 Å². The highest BCUT2D eigenvalue weighted by Gasteiger charge is 2.15. The molecular formula is C14H19NO3. The highest BCUT2D eigenvalue weighted by molar-refractivity contribution is 5.92. The van der Waals surface area contributed by atoms with E-state index < -0.39 is 0 Å². The van der Waals surface area contributed by atoms with E-state index in [-0.39, 0.29) is 11.7 Å². The second-order valence-electron chi connectivity index (χ2n) is 4.66. The summed E-state index contributed by atoms with van der Waals surface area (Å²) in [6, 6.07) is 6.77. The molecule has 1 fully saturated rings. The van der Waals surface area contributed by atoms with Gasteiger partial charge >= 0.3 is 0 Å². The van der Waals surface area contributed by atoms with Crippen LogP contribution in [0.1, 0.15) is 25.7 Å². The van der Waals surface area contributed by atoms with Gasteiger partial charge in [-0.05, 0) is 37.3 Å². The van der Waals surface area contributed by atoms with E-state index in [9.17, 15) is 9.90 Å². The van der Waals surface area contributed by atoms with Crippen molar-refractivity contribution in [3.8, 4) is 5.75 Å². The second kappa shape index (κ2) is 6.40. The molecule has 4 heteroatoms. The van der Waals surface area contributed by atoms with E-state index in [1.807, 2.05) is 0 Å². The Kier molecular flexibility index (Phi) is 4.59. The number of aromatic hydroxyl groups is 1. The molecule has 0 spiro atoms. The van der Waals surface area contributed by atoms with Gasteiger partial charge in [0.05, 0.1) is 5.69 Å². The summed E-state index contributed by atoms with van der Waals surface area (Å²) in [4.78, 5) is 11.8. The van der Waals surface area contributed by atoms with E-state index in [1.54, 1.807) is 24.3 Å². The molecular weight excluding hydrogens is 230 g/mol. The first-order chi connectivity index (χ1) is 8.75. The van der Waals surface area contributed by atoms with Crippen LogP contribution in [-0.4, -0.2) is 24.2 Å². The van der Waals surface area contributed by atoms with Crippen LogP contribution < -0.4 is 5.32 Å². The van der Waals surface area contributed by atoms with Crippen LogP contribution in [0.4, 0.5) is 5.69 Å². The summed E-state index contributed by atoms with van der Waals surface area (Å²) in [6.45, 7) is 1.62. The van der Waals surface area contributed by atoms with Crippen molar-refractivity contribution >= 4 is 11.6 Å². The molecule has 0 radical (unpaired) electrons. The van der Waals surface area contributed by atoms with Crippen LogP contribution >= 0.6 is 0 Å². The molecule has 0 aliphatic carbocycles. The lowest BCUT2D eigenvalue weighted by Crippen LogP contribution is -2.18. The van der Waals surface area contributed by atoms with Gasteiger partial charge < -0.3 is 15.2 Å². The first kappa shape index (κ1) is 12.9. The fourth-order valence-corrected chi connectivity index (χ4v) is 2.16. The summed E-state index contributed by atoms with van der Waals surface area (Å²) in [7, 11) is 0. The van der Waals surface area contributed by atoms with Gasteiger partial charge in [-0.2, -0.15) is 0 Å². The SMILES string of the molecule is O=C(CCC1CCOCC1)Nc1ccccc1O. The molecule has 4 nitrogen and oxygen atoms in total. The Hall–Kier alpha value is -1.55. The minimum absolute atomic E-state index is 0.0389. The van der Waals surface area contributed by atoms with Gasteiger partial charge in [0.25, 0.3) is 0 Å². The molecule has 0 bridgehead atoms. The molecule has 1 saturated heterocycles. The van der Waals surface area contributed by atoms with Crippen molar-refractivity contribution in [2.45, 2.75) is 25.7 Å². The summed E-state index contributed by atoms with van der Waals surface area (Å²) in [5.74, 6) is 0.661. The largest absolute Gasteiger partial charge is 0.506 e. The maximum absolute atomic E-state index is 11.8. The molecule has 0 aromatic heterocycles. The Labute approximate surface area is 107 Å². The summed E-state index contributed by atoms with van der Waals surface area (Å²) >= 11 is 0. The van der Waals surface area contributed by atoms with Gasteiger partial charge in [-0.3, -0.25) is 4.79 Å². The van der Waals surface area contributed by atoms with Crippen molar-refractivity contribution in [3.63, 3.8) is 0 Å². The van der Waals surface area contributed by atoms with E-state index in [0.717, 1.165) is 32.5 Å². The number of para-hydroxylation sites is 2. The molecule has 1 aromatic rings. The minimum atomic E-state index is -0.0389. The zero-order chi connectivity index (χ0) is 12.8. The van der Waals surface area contributed by atoms with Crippen molar-refractivity contribution in [1.29, 1.82) is 0 Å². The summed E-state index contributed by atoms with van der Waals surface area (Å²) in [5.41, 5.74) is 0.481. The normalized spacial score (nSPS) is 16.4. The first-order valence-corrected chi connectivity index (χ1v) is 6.41. The standard InChI is InChI=1S/C14H19NO3/c16-13-4-2-1-3-12(13)15-14(17)6-5-11-7-9-18-10-8-11/h1-4,11,16H,5-10H2,(H,15,17). The van der Waals surface area contributed by atoms with Crippen LogP contribution in [-0.2, 0) is 9.53 Å². The maximum Gasteiger partial charge on any atom is 0.224 e. The zero-order valence-electron chi connectivity index (χ0n) is 10.4. The highest BCUT2D eigenvalue weighted by Crippen LogP contribution is 2.23. The van der Waals surface area contributed by atoms with E-state index in [1.165, 1.54) is 0 Å². The Morgan fingerprint density at radius 3 is 2.78 bits per heavy atom. The molecule has 1 aromatic carbocycles. The van der Waals surface area contributed by atoms with Gasteiger partial charge in [0.2, 0.25) is 5.91 Å². The number of anilines is 1. The smallest absolute Gasteiger partial charge is 0.224 e. The topological polar surface area (TPSA) is 58.6 Å². The Morgan fingerprint density at radius 2 is 2.06 bits per heavy atom. The van der Waals surface area contributed by atoms with Crippen LogP contribution in [0.2, 0.25) is 0 Å². The number of nitrogens with one attached hydrogen (secondary N) is 1. The van der Waals surface area contributed by atoms with E-state index in [2.05, 4.69) is 5.32 Å². The lowest BCUT2D eigenvalue weighted by atomic mass is 9.95. The lowest BCUT2D eigenvalue weighted by molar-refractivity contribution is -0.116. The average molecular weight is 249 g/mol. The zero-order valence-corrected chi connectivity index (χ0v) is 10.4. The second-order valence-corrected chi connectivity index (χ2v) is 4.66. The Balaban J connectivity index is 1.76. The van der Waals surface area contributed by atoms with Gasteiger partial charge in [-0.25, -0.2) is 0 Å². The number of hydrogen-bond acceptors (Lipinski definition) is 3. The Morgan fingerprint density at radius 1 is 1.33 bits per heavy atom. The third-order valence-electron chi connectivity index (χ3n) is 3.30. The minimum Gasteiger partial charge on any atom is -0.506 e. The molecule has 2 rings (SSSR count). The molecule has 2 N–H and O–H groups in total. The molecule has 1 aliphatic heterocycles. The van der Waals surface area contributed by atoms with E-state index in [4.69, 9.17) is 4.74 Å². The monoisotopic (exact) mass is 249 g/mol. The molecule has 1 aliphatic rings. The first-order valence-electron chi connectivity index (χ1n) is 6.41. The third-order valence-corrected chi connectivity index (χ3v) is 3.30. The van der Waals surface area contributed by atoms with Crippen LogP contribution in [0.5, 0.6) is 5.75 Å². The van der Waals surface area contributed by atoms with Gasteiger partial charge in [-0.15, -0.1) is 0 Å². The molecule has 1 amide bonds. The van der Waals surface area contributed by atoms with Gasteiger partial charge in [0.1, 0.15) is 5.75 Å². The number of hydrogen-bond donors (Lipinski definition) is 2. The molecule has 1 heterocycles. The molecule has 0 saturated carbocycles. The van der Waals surface area contributed by atoms with Gasteiger partial charge in [-0.1, -0.05) is 12.1 Å². The van der Waals surface area contributed by atoms with E-state index >= 15 is 0 Å². The van der Waals surface area contributed by atoms with Crippen molar-refractivity contribution in [3.05, 3.63) is 24.3 Å². The number of benzene rings is 1. The summed E-state index contributed by atoms with van der Waals surface area (Å²) in [5, 5.41) is 12.3. The fourth-order valence-electron chi connectivity index (χ4n) is 2.16. The number of rotatable bonds is 4. The predicted molar refractivity (Wildman–Crippen MR) is 69.5 cm³/mol. The third kappa shape index (κ3) is 3.74. The van der Waals surface area contributed by atoms with Crippen molar-refractivity contribution in [2.24, 2.45) is 5.92 Å². The van der Waals surface area contributed by atoms with Crippen LogP contribution in [0, 0.1) is 5.92 Å². The predicted octanol–water partition coefficient (Wildman–Crippen LogP) is 2.54.